The fourth-order valence-electron chi connectivity index (χ4n) is 2.93. The highest BCUT2D eigenvalue weighted by atomic mass is 32.1. The normalized spacial score (nSPS) is 13.2. The zero-order chi connectivity index (χ0) is 17.1. The van der Waals surface area contributed by atoms with Crippen molar-refractivity contribution in [1.29, 1.82) is 5.26 Å². The quantitative estimate of drug-likeness (QED) is 0.889. The molecule has 3 rings (SSSR count). The summed E-state index contributed by atoms with van der Waals surface area (Å²) >= 11 is 1.54. The minimum atomic E-state index is -0.209. The van der Waals surface area contributed by atoms with E-state index in [-0.39, 0.29) is 12.0 Å². The molecule has 1 aliphatic rings. The number of nitrogens with zero attached hydrogens (tertiary/aromatic N) is 1. The summed E-state index contributed by atoms with van der Waals surface area (Å²) in [6.45, 7) is 3.89. The molecule has 0 atom stereocenters. The Morgan fingerprint density at radius 1 is 1.33 bits per heavy atom. The van der Waals surface area contributed by atoms with E-state index in [1.807, 2.05) is 19.9 Å². The summed E-state index contributed by atoms with van der Waals surface area (Å²) in [5.41, 5.74) is 2.29. The lowest BCUT2D eigenvalue weighted by Crippen LogP contribution is -2.12. The Balaban J connectivity index is 1.83. The van der Waals surface area contributed by atoms with Gasteiger partial charge in [0.05, 0.1) is 11.7 Å². The number of ether oxygens (including phenoxy) is 1. The number of nitriles is 1. The average Bonchev–Trinajstić information content (AvgIpc) is 2.91. The molecule has 4 nitrogen and oxygen atoms in total. The van der Waals surface area contributed by atoms with E-state index in [1.165, 1.54) is 16.2 Å². The van der Waals surface area contributed by atoms with Crippen molar-refractivity contribution >= 4 is 22.2 Å². The number of hydrogen-bond acceptors (Lipinski definition) is 4. The summed E-state index contributed by atoms with van der Waals surface area (Å²) in [6, 6.07) is 9.39. The Morgan fingerprint density at radius 2 is 2.12 bits per heavy atom. The van der Waals surface area contributed by atoms with Crippen molar-refractivity contribution in [2.24, 2.45) is 0 Å². The number of thiophene rings is 1. The molecule has 1 aromatic heterocycles. The van der Waals surface area contributed by atoms with Crippen LogP contribution >= 0.6 is 11.3 Å². The highest BCUT2D eigenvalue weighted by Gasteiger charge is 2.22. The summed E-state index contributed by atoms with van der Waals surface area (Å²) < 4.78 is 5.64. The lowest BCUT2D eigenvalue weighted by Gasteiger charge is -2.11. The highest BCUT2D eigenvalue weighted by molar-refractivity contribution is 7.16. The molecule has 1 N–H and O–H groups in total. The number of aryl methyl sites for hydroxylation is 1. The van der Waals surface area contributed by atoms with Crippen LogP contribution in [0, 0.1) is 11.3 Å². The zero-order valence-corrected chi connectivity index (χ0v) is 14.7. The fourth-order valence-corrected chi connectivity index (χ4v) is 4.17. The predicted octanol–water partition coefficient (Wildman–Crippen LogP) is 4.54. The molecule has 0 spiro atoms. The van der Waals surface area contributed by atoms with E-state index in [0.717, 1.165) is 31.2 Å². The third-order valence-corrected chi connectivity index (χ3v) is 5.19. The lowest BCUT2D eigenvalue weighted by molar-refractivity contribution is 0.102. The third kappa shape index (κ3) is 3.44. The fraction of sp³-hybridized carbons (Fsp3) is 0.368. The average molecular weight is 340 g/mol. The van der Waals surface area contributed by atoms with Crippen molar-refractivity contribution in [2.45, 2.75) is 45.6 Å². The van der Waals surface area contributed by atoms with Crippen LogP contribution in [0.3, 0.4) is 0 Å². The first-order valence-electron chi connectivity index (χ1n) is 8.21. The van der Waals surface area contributed by atoms with E-state index in [9.17, 15) is 10.1 Å². The second-order valence-corrected chi connectivity index (χ2v) is 7.28. The number of hydrogen-bond donors (Lipinski definition) is 1. The summed E-state index contributed by atoms with van der Waals surface area (Å²) in [6.07, 6.45) is 4.25. The minimum absolute atomic E-state index is 0.0533. The van der Waals surface area contributed by atoms with Crippen LogP contribution in [0.5, 0.6) is 5.75 Å². The predicted molar refractivity (Wildman–Crippen MR) is 95.8 cm³/mol. The standard InChI is InChI=1S/C19H20N2O2S/c1-12(2)23-14-7-5-6-13(10-14)18(22)21-19-16(11-20)15-8-3-4-9-17(15)24-19/h5-7,10,12H,3-4,8-9H2,1-2H3,(H,21,22). The summed E-state index contributed by atoms with van der Waals surface area (Å²) in [4.78, 5) is 13.8. The molecular weight excluding hydrogens is 320 g/mol. The van der Waals surface area contributed by atoms with Gasteiger partial charge in [-0.3, -0.25) is 4.79 Å². The summed E-state index contributed by atoms with van der Waals surface area (Å²) in [5.74, 6) is 0.461. The Kier molecular flexibility index (Phi) is 4.86. The van der Waals surface area contributed by atoms with Crippen LogP contribution in [-0.2, 0) is 12.8 Å². The summed E-state index contributed by atoms with van der Waals surface area (Å²) in [5, 5.41) is 13.1. The number of carbonyl (C=O) groups excluding carboxylic acids is 1. The van der Waals surface area contributed by atoms with Gasteiger partial charge in [0, 0.05) is 10.4 Å². The summed E-state index contributed by atoms with van der Waals surface area (Å²) in [7, 11) is 0. The van der Waals surface area contributed by atoms with E-state index in [0.29, 0.717) is 21.9 Å². The number of fused-ring (bicyclic) bond motifs is 1. The van der Waals surface area contributed by atoms with Crippen LogP contribution in [-0.4, -0.2) is 12.0 Å². The Morgan fingerprint density at radius 3 is 2.88 bits per heavy atom. The maximum atomic E-state index is 12.6. The first-order chi connectivity index (χ1) is 11.6. The van der Waals surface area contributed by atoms with Crippen molar-refractivity contribution in [3.63, 3.8) is 0 Å². The highest BCUT2D eigenvalue weighted by Crippen LogP contribution is 2.37. The van der Waals surface area contributed by atoms with Gasteiger partial charge < -0.3 is 10.1 Å². The molecule has 1 aliphatic carbocycles. The number of anilines is 1. The Bertz CT molecular complexity index is 802. The van der Waals surface area contributed by atoms with Crippen LogP contribution in [0.4, 0.5) is 5.00 Å². The topological polar surface area (TPSA) is 62.1 Å². The van der Waals surface area contributed by atoms with Gasteiger partial charge in [0.2, 0.25) is 0 Å². The molecule has 1 heterocycles. The molecule has 0 saturated carbocycles. The second-order valence-electron chi connectivity index (χ2n) is 6.18. The van der Waals surface area contributed by atoms with E-state index >= 15 is 0 Å². The number of nitrogens with one attached hydrogen (secondary N) is 1. The van der Waals surface area contributed by atoms with Gasteiger partial charge in [-0.1, -0.05) is 6.07 Å². The molecule has 5 heteroatoms. The SMILES string of the molecule is CC(C)Oc1cccc(C(=O)Nc2sc3c(c2C#N)CCCC3)c1. The zero-order valence-electron chi connectivity index (χ0n) is 13.9. The van der Waals surface area contributed by atoms with Crippen molar-refractivity contribution in [2.75, 3.05) is 5.32 Å². The van der Waals surface area contributed by atoms with Gasteiger partial charge in [-0.25, -0.2) is 0 Å². The molecule has 0 saturated heterocycles. The molecule has 0 fully saturated rings. The van der Waals surface area contributed by atoms with E-state index < -0.39 is 0 Å². The monoisotopic (exact) mass is 340 g/mol. The van der Waals surface area contributed by atoms with Gasteiger partial charge in [-0.2, -0.15) is 5.26 Å². The van der Waals surface area contributed by atoms with E-state index in [4.69, 9.17) is 4.74 Å². The van der Waals surface area contributed by atoms with Crippen LogP contribution in [0.2, 0.25) is 0 Å². The smallest absolute Gasteiger partial charge is 0.256 e. The molecule has 24 heavy (non-hydrogen) atoms. The minimum Gasteiger partial charge on any atom is -0.491 e. The van der Waals surface area contributed by atoms with E-state index in [2.05, 4.69) is 11.4 Å². The van der Waals surface area contributed by atoms with Crippen LogP contribution in [0.25, 0.3) is 0 Å². The van der Waals surface area contributed by atoms with Crippen molar-refractivity contribution in [1.82, 2.24) is 0 Å². The van der Waals surface area contributed by atoms with Crippen LogP contribution in [0.15, 0.2) is 24.3 Å². The Hall–Kier alpha value is -2.32. The van der Waals surface area contributed by atoms with Gasteiger partial charge in [-0.15, -0.1) is 11.3 Å². The van der Waals surface area contributed by atoms with Gasteiger partial charge >= 0.3 is 0 Å². The van der Waals surface area contributed by atoms with Crippen molar-refractivity contribution in [3.05, 3.63) is 45.8 Å². The molecular formula is C19H20N2O2S. The second kappa shape index (κ2) is 7.06. The van der Waals surface area contributed by atoms with Gasteiger partial charge in [0.1, 0.15) is 16.8 Å². The first-order valence-corrected chi connectivity index (χ1v) is 9.03. The maximum Gasteiger partial charge on any atom is 0.256 e. The molecule has 0 aliphatic heterocycles. The third-order valence-electron chi connectivity index (χ3n) is 3.98. The van der Waals surface area contributed by atoms with Crippen LogP contribution < -0.4 is 10.1 Å². The molecule has 2 aromatic rings. The number of benzene rings is 1. The maximum absolute atomic E-state index is 12.6. The first kappa shape index (κ1) is 16.5. The molecule has 0 unspecified atom stereocenters. The Labute approximate surface area is 146 Å². The molecule has 1 amide bonds. The molecule has 0 radical (unpaired) electrons. The number of rotatable bonds is 4. The number of amides is 1. The molecule has 0 bridgehead atoms. The lowest BCUT2D eigenvalue weighted by atomic mass is 9.96. The molecule has 124 valence electrons. The van der Waals surface area contributed by atoms with Crippen LogP contribution in [0.1, 0.15) is 53.1 Å². The molecule has 1 aromatic carbocycles. The van der Waals surface area contributed by atoms with Gasteiger partial charge in [-0.05, 0) is 63.3 Å². The van der Waals surface area contributed by atoms with Gasteiger partial charge in [0.25, 0.3) is 5.91 Å². The van der Waals surface area contributed by atoms with Gasteiger partial charge in [0.15, 0.2) is 0 Å². The number of carbonyl (C=O) groups is 1. The van der Waals surface area contributed by atoms with Crippen molar-refractivity contribution < 1.29 is 9.53 Å². The van der Waals surface area contributed by atoms with Crippen molar-refractivity contribution in [3.8, 4) is 11.8 Å². The van der Waals surface area contributed by atoms with E-state index in [1.54, 1.807) is 18.2 Å². The largest absolute Gasteiger partial charge is 0.491 e.